The van der Waals surface area contributed by atoms with Crippen LogP contribution < -0.4 is 5.32 Å². The van der Waals surface area contributed by atoms with E-state index in [0.29, 0.717) is 49.0 Å². The van der Waals surface area contributed by atoms with Gasteiger partial charge in [0.15, 0.2) is 15.6 Å². The zero-order chi connectivity index (χ0) is 30.3. The molecule has 1 saturated heterocycles. The lowest BCUT2D eigenvalue weighted by atomic mass is 9.83. The van der Waals surface area contributed by atoms with E-state index < -0.39 is 15.8 Å². The summed E-state index contributed by atoms with van der Waals surface area (Å²) in [6.07, 6.45) is 7.90. The molecule has 11 heteroatoms. The first kappa shape index (κ1) is 32.8. The molecule has 2 aromatic rings. The van der Waals surface area contributed by atoms with Crippen LogP contribution >= 0.6 is 22.9 Å². The quantitative estimate of drug-likeness (QED) is 0.285. The third-order valence-electron chi connectivity index (χ3n) is 8.38. The van der Waals surface area contributed by atoms with Crippen LogP contribution in [0.25, 0.3) is 10.2 Å². The predicted molar refractivity (Wildman–Crippen MR) is 169 cm³/mol. The highest BCUT2D eigenvalue weighted by molar-refractivity contribution is 7.91. The first-order valence-electron chi connectivity index (χ1n) is 15.0. The van der Waals surface area contributed by atoms with Crippen LogP contribution in [0.4, 0.5) is 0 Å². The lowest BCUT2D eigenvalue weighted by molar-refractivity contribution is -0.129. The van der Waals surface area contributed by atoms with Crippen LogP contribution in [0, 0.1) is 11.8 Å². The van der Waals surface area contributed by atoms with Crippen molar-refractivity contribution in [1.82, 2.24) is 15.2 Å². The summed E-state index contributed by atoms with van der Waals surface area (Å²) in [4.78, 5) is 45.5. The van der Waals surface area contributed by atoms with Gasteiger partial charge in [0.05, 0.1) is 32.6 Å². The number of hydrogen-bond acceptors (Lipinski definition) is 8. The Balaban J connectivity index is 1.39. The van der Waals surface area contributed by atoms with Gasteiger partial charge in [-0.25, -0.2) is 13.4 Å². The summed E-state index contributed by atoms with van der Waals surface area (Å²) in [5, 5.41) is 4.64. The standard InChI is InChI=1S/C31H42ClN3O5S2/c1-21(20-35-12-14-42(39,40)15-13-35)28(37)11-9-26(17-23-6-4-3-5-7-23)33-31(38)24(16-22(2)36)18-30-34-27-10-8-25(32)19-29(27)41-30/h8,10,19,23-24,26H,1,3-7,9,11-18,20H2,2H3,(H,33,38)/t24-,26+/m0/s1. The lowest BCUT2D eigenvalue weighted by Gasteiger charge is -2.29. The number of rotatable bonds is 14. The van der Waals surface area contributed by atoms with E-state index in [4.69, 9.17) is 11.6 Å². The molecular weight excluding hydrogens is 594 g/mol. The van der Waals surface area contributed by atoms with E-state index in [1.54, 1.807) is 6.07 Å². The molecule has 1 aromatic heterocycles. The van der Waals surface area contributed by atoms with Gasteiger partial charge < -0.3 is 10.1 Å². The monoisotopic (exact) mass is 635 g/mol. The number of carbonyl (C=O) groups is 3. The highest BCUT2D eigenvalue weighted by atomic mass is 35.5. The van der Waals surface area contributed by atoms with Crippen molar-refractivity contribution in [2.75, 3.05) is 31.1 Å². The van der Waals surface area contributed by atoms with Crippen molar-refractivity contribution in [2.24, 2.45) is 11.8 Å². The third-order valence-corrected chi connectivity index (χ3v) is 11.3. The summed E-state index contributed by atoms with van der Waals surface area (Å²) < 4.78 is 24.4. The Morgan fingerprint density at radius 1 is 1.17 bits per heavy atom. The maximum absolute atomic E-state index is 13.6. The molecule has 0 bridgehead atoms. The minimum absolute atomic E-state index is 0.0554. The van der Waals surface area contributed by atoms with Gasteiger partial charge in [-0.1, -0.05) is 50.3 Å². The van der Waals surface area contributed by atoms with E-state index >= 15 is 0 Å². The fourth-order valence-corrected chi connectivity index (χ4v) is 8.59. The van der Waals surface area contributed by atoms with Crippen LogP contribution in [0.1, 0.15) is 69.7 Å². The van der Waals surface area contributed by atoms with Crippen molar-refractivity contribution in [3.63, 3.8) is 0 Å². The summed E-state index contributed by atoms with van der Waals surface area (Å²) in [7, 11) is -2.99. The van der Waals surface area contributed by atoms with Gasteiger partial charge in [0.1, 0.15) is 5.78 Å². The van der Waals surface area contributed by atoms with Crippen molar-refractivity contribution >= 4 is 60.5 Å². The Bertz CT molecular complexity index is 1390. The zero-order valence-corrected chi connectivity index (χ0v) is 26.8. The van der Waals surface area contributed by atoms with E-state index in [1.165, 1.54) is 37.5 Å². The van der Waals surface area contributed by atoms with E-state index in [2.05, 4.69) is 16.9 Å². The van der Waals surface area contributed by atoms with Crippen LogP contribution in [0.15, 0.2) is 30.4 Å². The molecule has 4 rings (SSSR count). The average Bonchev–Trinajstić information content (AvgIpc) is 3.34. The molecule has 2 heterocycles. The van der Waals surface area contributed by atoms with E-state index in [1.807, 2.05) is 17.0 Å². The number of nitrogens with one attached hydrogen (secondary N) is 1. The van der Waals surface area contributed by atoms with E-state index in [9.17, 15) is 22.8 Å². The maximum Gasteiger partial charge on any atom is 0.224 e. The predicted octanol–water partition coefficient (Wildman–Crippen LogP) is 5.18. The largest absolute Gasteiger partial charge is 0.353 e. The summed E-state index contributed by atoms with van der Waals surface area (Å²) in [5.74, 6) is -0.123. The van der Waals surface area contributed by atoms with Crippen LogP contribution in [0.2, 0.25) is 5.02 Å². The molecule has 8 nitrogen and oxygen atoms in total. The number of sulfone groups is 1. The second kappa shape index (κ2) is 15.0. The fraction of sp³-hybridized carbons (Fsp3) is 0.613. The van der Waals surface area contributed by atoms with Gasteiger partial charge in [0, 0.05) is 55.5 Å². The molecule has 0 spiro atoms. The highest BCUT2D eigenvalue weighted by Gasteiger charge is 2.28. The molecule has 1 saturated carbocycles. The Hall–Kier alpha value is -2.14. The molecule has 42 heavy (non-hydrogen) atoms. The molecule has 2 aliphatic rings. The third kappa shape index (κ3) is 9.96. The average molecular weight is 636 g/mol. The van der Waals surface area contributed by atoms with Gasteiger partial charge in [-0.2, -0.15) is 0 Å². The lowest BCUT2D eigenvalue weighted by Crippen LogP contribution is -2.42. The Morgan fingerprint density at radius 3 is 2.57 bits per heavy atom. The number of halogens is 1. The second-order valence-electron chi connectivity index (χ2n) is 12.0. The first-order chi connectivity index (χ1) is 20.0. The van der Waals surface area contributed by atoms with Crippen molar-refractivity contribution in [3.05, 3.63) is 40.4 Å². The normalized spacial score (nSPS) is 19.3. The summed E-state index contributed by atoms with van der Waals surface area (Å²) >= 11 is 7.62. The van der Waals surface area contributed by atoms with Gasteiger partial charge in [0.2, 0.25) is 5.91 Å². The van der Waals surface area contributed by atoms with Crippen LogP contribution in [-0.4, -0.2) is 73.0 Å². The van der Waals surface area contributed by atoms with Crippen LogP contribution in [0.5, 0.6) is 0 Å². The first-order valence-corrected chi connectivity index (χ1v) is 18.0. The van der Waals surface area contributed by atoms with E-state index in [-0.39, 0.29) is 47.9 Å². The number of fused-ring (bicyclic) bond motifs is 1. The van der Waals surface area contributed by atoms with Crippen molar-refractivity contribution < 1.29 is 22.8 Å². The molecule has 1 aliphatic carbocycles. The van der Waals surface area contributed by atoms with E-state index in [0.717, 1.165) is 34.5 Å². The molecule has 2 atom stereocenters. The van der Waals surface area contributed by atoms with Gasteiger partial charge in [0.25, 0.3) is 0 Å². The van der Waals surface area contributed by atoms with Gasteiger partial charge in [-0.05, 0) is 43.9 Å². The Morgan fingerprint density at radius 2 is 1.88 bits per heavy atom. The number of aromatic nitrogens is 1. The number of thiazole rings is 1. The Kier molecular flexibility index (Phi) is 11.7. The zero-order valence-electron chi connectivity index (χ0n) is 24.4. The number of benzene rings is 1. The SMILES string of the molecule is C=C(CN1CCS(=O)(=O)CC1)C(=O)CC[C@H](CC1CCCCC1)NC(=O)[C@@H](CC(C)=O)Cc1nc2ccc(Cl)cc2s1. The fourth-order valence-electron chi connectivity index (χ4n) is 5.99. The number of Topliss-reactive ketones (excluding diaryl/α,β-unsaturated/α-hetero) is 2. The summed E-state index contributed by atoms with van der Waals surface area (Å²) in [6, 6.07) is 5.32. The van der Waals surface area contributed by atoms with Crippen molar-refractivity contribution in [3.8, 4) is 0 Å². The molecule has 2 fully saturated rings. The van der Waals surface area contributed by atoms with Crippen LogP contribution in [0.3, 0.4) is 0 Å². The topological polar surface area (TPSA) is 114 Å². The maximum atomic E-state index is 13.6. The van der Waals surface area contributed by atoms with Crippen molar-refractivity contribution in [2.45, 2.75) is 77.2 Å². The number of nitrogens with zero attached hydrogens (tertiary/aromatic N) is 2. The molecular formula is C31H42ClN3O5S2. The minimum Gasteiger partial charge on any atom is -0.353 e. The minimum atomic E-state index is -2.99. The number of hydrogen-bond donors (Lipinski definition) is 1. The van der Waals surface area contributed by atoms with Gasteiger partial charge in [-0.15, -0.1) is 11.3 Å². The molecule has 1 aromatic carbocycles. The number of amides is 1. The smallest absolute Gasteiger partial charge is 0.224 e. The molecule has 1 amide bonds. The van der Waals surface area contributed by atoms with Gasteiger partial charge >= 0.3 is 0 Å². The molecule has 0 unspecified atom stereocenters. The van der Waals surface area contributed by atoms with Crippen molar-refractivity contribution in [1.29, 1.82) is 0 Å². The number of carbonyl (C=O) groups excluding carboxylic acids is 3. The molecule has 230 valence electrons. The molecule has 1 aliphatic heterocycles. The number of ketones is 2. The molecule has 1 N–H and O–H groups in total. The Labute approximate surface area is 258 Å². The second-order valence-corrected chi connectivity index (χ2v) is 15.8. The van der Waals surface area contributed by atoms with Gasteiger partial charge in [-0.3, -0.25) is 14.5 Å². The summed E-state index contributed by atoms with van der Waals surface area (Å²) in [6.45, 7) is 6.68. The molecule has 0 radical (unpaired) electrons. The highest BCUT2D eigenvalue weighted by Crippen LogP contribution is 2.30. The van der Waals surface area contributed by atoms with Crippen LogP contribution in [-0.2, 0) is 30.6 Å². The summed E-state index contributed by atoms with van der Waals surface area (Å²) in [5.41, 5.74) is 1.30.